The van der Waals surface area contributed by atoms with E-state index >= 15 is 0 Å². The number of rotatable bonds is 9. The average Bonchev–Trinajstić information content (AvgIpc) is 3.21. The van der Waals surface area contributed by atoms with Crippen molar-refractivity contribution in [2.75, 3.05) is 18.8 Å². The largest absolute Gasteiger partial charge is 0.444 e. The quantitative estimate of drug-likeness (QED) is 0.438. The van der Waals surface area contributed by atoms with Gasteiger partial charge in [-0.1, -0.05) is 49.0 Å². The Morgan fingerprint density at radius 2 is 2.00 bits per heavy atom. The van der Waals surface area contributed by atoms with Crippen LogP contribution in [-0.2, 0) is 17.7 Å². The molecule has 0 radical (unpaired) electrons. The Balaban J connectivity index is 1.68. The van der Waals surface area contributed by atoms with Crippen LogP contribution in [0.1, 0.15) is 63.4 Å². The molecule has 1 unspecified atom stereocenters. The minimum atomic E-state index is -0.504. The number of thioether (sulfide) groups is 1. The van der Waals surface area contributed by atoms with Gasteiger partial charge in [-0.15, -0.1) is 0 Å². The summed E-state index contributed by atoms with van der Waals surface area (Å²) >= 11 is 1.64. The molecule has 1 aliphatic heterocycles. The van der Waals surface area contributed by atoms with Crippen LogP contribution in [-0.4, -0.2) is 40.1 Å². The number of nitrogens with zero attached hydrogens (tertiary/aromatic N) is 2. The third-order valence-corrected chi connectivity index (χ3v) is 6.14. The Morgan fingerprint density at radius 3 is 2.69 bits per heavy atom. The number of ether oxygens (including phenoxy) is 1. The van der Waals surface area contributed by atoms with Gasteiger partial charge >= 0.3 is 6.09 Å². The van der Waals surface area contributed by atoms with Crippen LogP contribution in [0.5, 0.6) is 0 Å². The lowest BCUT2D eigenvalue weighted by atomic mass is 9.99. The van der Waals surface area contributed by atoms with Gasteiger partial charge < -0.3 is 15.4 Å². The molecule has 0 aliphatic carbocycles. The SMILES string of the molecule is CCC(NCCCNC(=O)OC(C)(C)C)c1nc2n(c(=O)c1Cc1ccccc1)CCS2. The molecule has 1 amide bonds. The highest BCUT2D eigenvalue weighted by Crippen LogP contribution is 2.27. The van der Waals surface area contributed by atoms with Gasteiger partial charge in [-0.3, -0.25) is 9.36 Å². The van der Waals surface area contributed by atoms with E-state index in [1.807, 2.05) is 55.7 Å². The number of nitrogens with one attached hydrogen (secondary N) is 2. The molecule has 2 N–H and O–H groups in total. The molecular weight excluding hydrogens is 424 g/mol. The summed E-state index contributed by atoms with van der Waals surface area (Å²) in [6.45, 7) is 9.57. The van der Waals surface area contributed by atoms with Crippen molar-refractivity contribution in [3.63, 3.8) is 0 Å². The van der Waals surface area contributed by atoms with Gasteiger partial charge in [-0.25, -0.2) is 9.78 Å². The predicted octanol–water partition coefficient (Wildman–Crippen LogP) is 3.90. The molecule has 3 rings (SSSR count). The Hall–Kier alpha value is -2.32. The van der Waals surface area contributed by atoms with Crippen molar-refractivity contribution in [3.8, 4) is 0 Å². The van der Waals surface area contributed by atoms with E-state index in [1.54, 1.807) is 11.8 Å². The Kier molecular flexibility index (Phi) is 8.37. The minimum absolute atomic E-state index is 0.0185. The van der Waals surface area contributed by atoms with Crippen molar-refractivity contribution in [1.29, 1.82) is 0 Å². The molecule has 1 aromatic heterocycles. The van der Waals surface area contributed by atoms with E-state index in [0.29, 0.717) is 26.1 Å². The maximum Gasteiger partial charge on any atom is 0.407 e. The van der Waals surface area contributed by atoms with Crippen molar-refractivity contribution in [2.45, 2.75) is 70.3 Å². The summed E-state index contributed by atoms with van der Waals surface area (Å²) in [5.74, 6) is 0.886. The second-order valence-electron chi connectivity index (χ2n) is 8.92. The van der Waals surface area contributed by atoms with Gasteiger partial charge in [0.1, 0.15) is 5.60 Å². The van der Waals surface area contributed by atoms with E-state index < -0.39 is 11.7 Å². The van der Waals surface area contributed by atoms with Crippen molar-refractivity contribution < 1.29 is 9.53 Å². The van der Waals surface area contributed by atoms with Gasteiger partial charge in [0.05, 0.1) is 5.69 Å². The molecule has 1 aromatic carbocycles. The van der Waals surface area contributed by atoms with Gasteiger partial charge in [0.2, 0.25) is 0 Å². The monoisotopic (exact) mass is 458 g/mol. The van der Waals surface area contributed by atoms with Crippen LogP contribution >= 0.6 is 11.8 Å². The smallest absolute Gasteiger partial charge is 0.407 e. The normalized spacial score (nSPS) is 14.1. The molecule has 32 heavy (non-hydrogen) atoms. The van der Waals surface area contributed by atoms with Crippen LogP contribution in [0.25, 0.3) is 0 Å². The second kappa shape index (κ2) is 11.0. The Labute approximate surface area is 194 Å². The van der Waals surface area contributed by atoms with Gasteiger partial charge in [0, 0.05) is 36.9 Å². The number of carbonyl (C=O) groups is 1. The first-order chi connectivity index (χ1) is 15.3. The molecule has 1 atom stereocenters. The molecule has 0 saturated carbocycles. The molecule has 0 fully saturated rings. The van der Waals surface area contributed by atoms with Crippen molar-refractivity contribution >= 4 is 17.9 Å². The van der Waals surface area contributed by atoms with E-state index in [-0.39, 0.29) is 11.6 Å². The lowest BCUT2D eigenvalue weighted by Crippen LogP contribution is -2.35. The number of hydrogen-bond donors (Lipinski definition) is 2. The fourth-order valence-corrected chi connectivity index (χ4v) is 4.63. The summed E-state index contributed by atoms with van der Waals surface area (Å²) in [4.78, 5) is 30.0. The van der Waals surface area contributed by atoms with Crippen LogP contribution in [0.15, 0.2) is 40.3 Å². The standard InChI is InChI=1S/C24H34N4O3S/c1-5-19(25-12-9-13-26-23(30)31-24(2,3)4)20-18(16-17-10-7-6-8-11-17)21(29)28-14-15-32-22(28)27-20/h6-8,10-11,19,25H,5,9,12-16H2,1-4H3,(H,26,30). The van der Waals surface area contributed by atoms with Gasteiger partial charge in [0.15, 0.2) is 5.16 Å². The summed E-state index contributed by atoms with van der Waals surface area (Å²) in [5.41, 5.74) is 2.30. The van der Waals surface area contributed by atoms with E-state index in [0.717, 1.165) is 40.6 Å². The third kappa shape index (κ3) is 6.59. The maximum absolute atomic E-state index is 13.3. The minimum Gasteiger partial charge on any atom is -0.444 e. The maximum atomic E-state index is 13.3. The van der Waals surface area contributed by atoms with Crippen LogP contribution in [0.3, 0.4) is 0 Å². The Bertz CT molecular complexity index is 970. The number of alkyl carbamates (subject to hydrolysis) is 1. The van der Waals surface area contributed by atoms with Crippen molar-refractivity contribution in [1.82, 2.24) is 20.2 Å². The highest BCUT2D eigenvalue weighted by atomic mass is 32.2. The summed E-state index contributed by atoms with van der Waals surface area (Å²) < 4.78 is 7.07. The zero-order valence-electron chi connectivity index (χ0n) is 19.4. The molecule has 2 aromatic rings. The third-order valence-electron chi connectivity index (χ3n) is 5.18. The van der Waals surface area contributed by atoms with E-state index in [2.05, 4.69) is 17.6 Å². The lowest BCUT2D eigenvalue weighted by Gasteiger charge is -2.21. The zero-order chi connectivity index (χ0) is 23.1. The van der Waals surface area contributed by atoms with Crippen LogP contribution in [0.4, 0.5) is 4.79 Å². The molecule has 8 heteroatoms. The van der Waals surface area contributed by atoms with Crippen molar-refractivity contribution in [3.05, 3.63) is 57.5 Å². The van der Waals surface area contributed by atoms with Crippen LogP contribution in [0, 0.1) is 0 Å². The summed E-state index contributed by atoms with van der Waals surface area (Å²) in [6.07, 6.45) is 1.75. The van der Waals surface area contributed by atoms with Gasteiger partial charge in [-0.2, -0.15) is 0 Å². The molecule has 7 nitrogen and oxygen atoms in total. The number of hydrogen-bond acceptors (Lipinski definition) is 6. The molecule has 0 saturated heterocycles. The summed E-state index contributed by atoms with van der Waals surface area (Å²) in [5, 5.41) is 7.14. The van der Waals surface area contributed by atoms with Crippen LogP contribution in [0.2, 0.25) is 0 Å². The molecular formula is C24H34N4O3S. The first-order valence-corrected chi connectivity index (χ1v) is 12.3. The summed E-state index contributed by atoms with van der Waals surface area (Å²) in [6, 6.07) is 10.1. The fraction of sp³-hybridized carbons (Fsp3) is 0.542. The Morgan fingerprint density at radius 1 is 1.25 bits per heavy atom. The average molecular weight is 459 g/mol. The summed E-state index contributed by atoms with van der Waals surface area (Å²) in [7, 11) is 0. The first kappa shape index (κ1) is 24.3. The van der Waals surface area contributed by atoms with E-state index in [9.17, 15) is 9.59 Å². The second-order valence-corrected chi connectivity index (χ2v) is 9.99. The molecule has 1 aliphatic rings. The lowest BCUT2D eigenvalue weighted by molar-refractivity contribution is 0.0527. The highest BCUT2D eigenvalue weighted by Gasteiger charge is 2.24. The molecule has 0 bridgehead atoms. The van der Waals surface area contributed by atoms with Crippen molar-refractivity contribution in [2.24, 2.45) is 0 Å². The highest BCUT2D eigenvalue weighted by molar-refractivity contribution is 7.99. The molecule has 174 valence electrons. The number of amides is 1. The first-order valence-electron chi connectivity index (χ1n) is 11.3. The molecule has 2 heterocycles. The number of fused-ring (bicyclic) bond motifs is 1. The number of carbonyl (C=O) groups excluding carboxylic acids is 1. The topological polar surface area (TPSA) is 85.2 Å². The number of aromatic nitrogens is 2. The molecule has 0 spiro atoms. The van der Waals surface area contributed by atoms with Gasteiger partial charge in [0.25, 0.3) is 5.56 Å². The van der Waals surface area contributed by atoms with Crippen LogP contribution < -0.4 is 16.2 Å². The van der Waals surface area contributed by atoms with E-state index in [1.165, 1.54) is 0 Å². The van der Waals surface area contributed by atoms with Gasteiger partial charge in [-0.05, 0) is 45.7 Å². The van der Waals surface area contributed by atoms with E-state index in [4.69, 9.17) is 9.72 Å². The fourth-order valence-electron chi connectivity index (χ4n) is 3.68. The number of benzene rings is 1. The zero-order valence-corrected chi connectivity index (χ0v) is 20.3. The predicted molar refractivity (Wildman–Crippen MR) is 128 cm³/mol.